The van der Waals surface area contributed by atoms with Gasteiger partial charge in [0.15, 0.2) is 0 Å². The minimum Gasteiger partial charge on any atom is -0.459 e. The summed E-state index contributed by atoms with van der Waals surface area (Å²) in [6.45, 7) is 6.83. The standard InChI is InChI=1S/C20H26O8/c1-5-8(2)16(23)25-11-6-10-18(3)15(27-18)13-12(9(7-21)17(24)26-13)14(22)20(10)19(11,4)28-20/h5,9-15,21-22H,6-7H2,1-4H3/b8-5+/t9-,10+,11+,12-,13+,14-,15-,18+,19+,20+/m1/s1. The van der Waals surface area contributed by atoms with E-state index in [0.717, 1.165) is 0 Å². The number of fused-ring (bicyclic) bond motifs is 4. The van der Waals surface area contributed by atoms with Gasteiger partial charge in [-0.25, -0.2) is 4.79 Å². The molecule has 8 nitrogen and oxygen atoms in total. The van der Waals surface area contributed by atoms with Crippen LogP contribution in [0.15, 0.2) is 11.6 Å². The van der Waals surface area contributed by atoms with Crippen LogP contribution >= 0.6 is 0 Å². The number of aliphatic hydroxyl groups is 2. The first-order valence-corrected chi connectivity index (χ1v) is 9.87. The molecule has 0 aromatic carbocycles. The van der Waals surface area contributed by atoms with E-state index in [4.69, 9.17) is 18.9 Å². The van der Waals surface area contributed by atoms with E-state index in [1.54, 1.807) is 19.9 Å². The van der Waals surface area contributed by atoms with Crippen LogP contribution in [0.4, 0.5) is 0 Å². The number of hydrogen-bond acceptors (Lipinski definition) is 8. The first-order valence-electron chi connectivity index (χ1n) is 9.87. The summed E-state index contributed by atoms with van der Waals surface area (Å²) < 4.78 is 23.4. The molecular weight excluding hydrogens is 368 g/mol. The molecule has 2 saturated carbocycles. The number of esters is 2. The maximum absolute atomic E-state index is 12.3. The number of epoxide rings is 2. The predicted octanol–water partition coefficient (Wildman–Crippen LogP) is 0.0941. The minimum atomic E-state index is -1.03. The summed E-state index contributed by atoms with van der Waals surface area (Å²) in [5, 5.41) is 21.1. The first-order chi connectivity index (χ1) is 13.2. The Kier molecular flexibility index (Phi) is 3.55. The minimum absolute atomic E-state index is 0.211. The van der Waals surface area contributed by atoms with Crippen LogP contribution in [0.3, 0.4) is 0 Å². The van der Waals surface area contributed by atoms with Gasteiger partial charge in [-0.1, -0.05) is 6.08 Å². The van der Waals surface area contributed by atoms with Crippen LogP contribution in [-0.2, 0) is 28.5 Å². The zero-order valence-electron chi connectivity index (χ0n) is 16.4. The van der Waals surface area contributed by atoms with Crippen molar-refractivity contribution in [1.29, 1.82) is 0 Å². The van der Waals surface area contributed by atoms with Crippen molar-refractivity contribution in [2.24, 2.45) is 17.8 Å². The highest BCUT2D eigenvalue weighted by Crippen LogP contribution is 2.74. The lowest BCUT2D eigenvalue weighted by Gasteiger charge is -2.31. The number of ether oxygens (including phenoxy) is 4. The lowest BCUT2D eigenvalue weighted by molar-refractivity contribution is -0.149. The zero-order valence-corrected chi connectivity index (χ0v) is 16.4. The maximum atomic E-state index is 12.3. The molecule has 8 heteroatoms. The van der Waals surface area contributed by atoms with Crippen LogP contribution < -0.4 is 0 Å². The highest BCUT2D eigenvalue weighted by Gasteiger charge is 2.91. The van der Waals surface area contributed by atoms with Crippen LogP contribution in [-0.4, -0.2) is 70.0 Å². The summed E-state index contributed by atoms with van der Waals surface area (Å²) in [5.41, 5.74) is -2.00. The number of aliphatic hydroxyl groups excluding tert-OH is 2. The van der Waals surface area contributed by atoms with Gasteiger partial charge in [0.05, 0.1) is 18.6 Å². The van der Waals surface area contributed by atoms with E-state index in [0.29, 0.717) is 12.0 Å². The summed E-state index contributed by atoms with van der Waals surface area (Å²) in [4.78, 5) is 24.6. The Morgan fingerprint density at radius 2 is 2.11 bits per heavy atom. The number of hydrogen-bond donors (Lipinski definition) is 2. The summed E-state index contributed by atoms with van der Waals surface area (Å²) in [6, 6.07) is 0. The van der Waals surface area contributed by atoms with Crippen LogP contribution in [0.5, 0.6) is 0 Å². The van der Waals surface area contributed by atoms with Gasteiger partial charge in [0.2, 0.25) is 0 Å². The summed E-state index contributed by atoms with van der Waals surface area (Å²) >= 11 is 0. The third-order valence-corrected chi connectivity index (χ3v) is 7.98. The highest BCUT2D eigenvalue weighted by molar-refractivity contribution is 5.88. The molecule has 154 valence electrons. The van der Waals surface area contributed by atoms with Gasteiger partial charge in [0.1, 0.15) is 35.1 Å². The molecule has 28 heavy (non-hydrogen) atoms. The maximum Gasteiger partial charge on any atom is 0.333 e. The third-order valence-electron chi connectivity index (χ3n) is 7.98. The Morgan fingerprint density at radius 3 is 2.75 bits per heavy atom. The van der Waals surface area contributed by atoms with Gasteiger partial charge in [-0.2, -0.15) is 0 Å². The molecule has 2 aliphatic carbocycles. The fraction of sp³-hybridized carbons (Fsp3) is 0.800. The molecule has 5 aliphatic rings. The Morgan fingerprint density at radius 1 is 1.39 bits per heavy atom. The molecule has 5 fully saturated rings. The Bertz CT molecular complexity index is 793. The second kappa shape index (κ2) is 5.36. The van der Waals surface area contributed by atoms with Gasteiger partial charge in [0, 0.05) is 17.4 Å². The lowest BCUT2D eigenvalue weighted by Crippen LogP contribution is -2.49. The van der Waals surface area contributed by atoms with Gasteiger partial charge in [-0.3, -0.25) is 4.79 Å². The largest absolute Gasteiger partial charge is 0.459 e. The van der Waals surface area contributed by atoms with Crippen molar-refractivity contribution in [1.82, 2.24) is 0 Å². The molecular formula is C20H26O8. The number of carbonyl (C=O) groups is 2. The fourth-order valence-corrected chi connectivity index (χ4v) is 6.14. The average molecular weight is 394 g/mol. The van der Waals surface area contributed by atoms with Gasteiger partial charge in [-0.05, 0) is 34.1 Å². The summed E-state index contributed by atoms with van der Waals surface area (Å²) in [6.07, 6.45) is -0.341. The van der Waals surface area contributed by atoms with Crippen molar-refractivity contribution in [3.8, 4) is 0 Å². The van der Waals surface area contributed by atoms with E-state index in [9.17, 15) is 19.8 Å². The smallest absolute Gasteiger partial charge is 0.333 e. The van der Waals surface area contributed by atoms with Gasteiger partial charge >= 0.3 is 11.9 Å². The van der Waals surface area contributed by atoms with E-state index in [-0.39, 0.29) is 12.0 Å². The molecule has 0 bridgehead atoms. The highest BCUT2D eigenvalue weighted by atomic mass is 16.7. The normalized spacial score (nSPS) is 56.0. The number of allylic oxidation sites excluding steroid dienone is 1. The summed E-state index contributed by atoms with van der Waals surface area (Å²) in [7, 11) is 0. The van der Waals surface area contributed by atoms with E-state index in [2.05, 4.69) is 0 Å². The molecule has 2 N–H and O–H groups in total. The van der Waals surface area contributed by atoms with Crippen LogP contribution in [0, 0.1) is 17.8 Å². The van der Waals surface area contributed by atoms with Gasteiger partial charge in [0.25, 0.3) is 0 Å². The molecule has 3 aliphatic heterocycles. The quantitative estimate of drug-likeness (QED) is 0.393. The van der Waals surface area contributed by atoms with Crippen LogP contribution in [0.1, 0.15) is 34.1 Å². The SMILES string of the molecule is C/C=C(\C)C(=O)O[C@H]1C[C@H]2[C@]3(C)O[C@@H]3[C@H]3OC(=O)[C@H](CO)[C@H]3[C@@H](O)[C@@]23O[C@@]13C. The zero-order chi connectivity index (χ0) is 20.2. The van der Waals surface area contributed by atoms with E-state index in [1.807, 2.05) is 13.8 Å². The molecule has 0 amide bonds. The molecule has 0 radical (unpaired) electrons. The second-order valence-electron chi connectivity index (χ2n) is 9.09. The molecule has 3 heterocycles. The van der Waals surface area contributed by atoms with Crippen LogP contribution in [0.25, 0.3) is 0 Å². The molecule has 0 unspecified atom stereocenters. The van der Waals surface area contributed by atoms with Crippen molar-refractivity contribution in [3.63, 3.8) is 0 Å². The molecule has 5 rings (SSSR count). The number of rotatable bonds is 3. The summed E-state index contributed by atoms with van der Waals surface area (Å²) in [5.74, 6) is -2.58. The molecule has 0 aromatic rings. The molecule has 10 atom stereocenters. The fourth-order valence-electron chi connectivity index (χ4n) is 6.14. The van der Waals surface area contributed by atoms with Crippen molar-refractivity contribution < 1.29 is 38.7 Å². The van der Waals surface area contributed by atoms with E-state index >= 15 is 0 Å². The molecule has 1 spiro atoms. The van der Waals surface area contributed by atoms with Crippen molar-refractivity contribution in [3.05, 3.63) is 11.6 Å². The van der Waals surface area contributed by atoms with Gasteiger partial charge < -0.3 is 29.2 Å². The van der Waals surface area contributed by atoms with Crippen molar-refractivity contribution in [2.75, 3.05) is 6.61 Å². The first kappa shape index (κ1) is 18.5. The Hall–Kier alpha value is -1.48. The van der Waals surface area contributed by atoms with Crippen LogP contribution in [0.2, 0.25) is 0 Å². The Balaban J connectivity index is 1.52. The average Bonchev–Trinajstić information content (AvgIpc) is 3.45. The van der Waals surface area contributed by atoms with Gasteiger partial charge in [-0.15, -0.1) is 0 Å². The van der Waals surface area contributed by atoms with E-state index < -0.39 is 65.5 Å². The number of carbonyl (C=O) groups excluding carboxylic acids is 2. The Labute approximate surface area is 162 Å². The van der Waals surface area contributed by atoms with E-state index in [1.165, 1.54) is 0 Å². The topological polar surface area (TPSA) is 118 Å². The lowest BCUT2D eigenvalue weighted by atomic mass is 9.74. The monoisotopic (exact) mass is 394 g/mol. The molecule has 3 saturated heterocycles. The second-order valence-corrected chi connectivity index (χ2v) is 9.09. The predicted molar refractivity (Wildman–Crippen MR) is 92.9 cm³/mol. The van der Waals surface area contributed by atoms with Crippen molar-refractivity contribution in [2.45, 2.75) is 75.3 Å². The molecule has 0 aromatic heterocycles. The van der Waals surface area contributed by atoms with Crippen molar-refractivity contribution >= 4 is 11.9 Å². The third kappa shape index (κ3) is 1.90.